The van der Waals surface area contributed by atoms with Crippen LogP contribution in [0.5, 0.6) is 0 Å². The highest BCUT2D eigenvalue weighted by atomic mass is 35.5. The number of ether oxygens (including phenoxy) is 1. The molecule has 0 aromatic heterocycles. The van der Waals surface area contributed by atoms with Gasteiger partial charge in [-0.3, -0.25) is 0 Å². The number of carboxylic acid groups (broad SMARTS) is 1. The van der Waals surface area contributed by atoms with Gasteiger partial charge in [-0.1, -0.05) is 11.6 Å². The van der Waals surface area contributed by atoms with Gasteiger partial charge in [0.05, 0.1) is 12.2 Å². The molecule has 0 fully saturated rings. The fourth-order valence-corrected chi connectivity index (χ4v) is 1.56. The number of carboxylic acids is 1. The van der Waals surface area contributed by atoms with Crippen molar-refractivity contribution in [1.82, 2.24) is 0 Å². The predicted octanol–water partition coefficient (Wildman–Crippen LogP) is 2.39. The monoisotopic (exact) mass is 276 g/mol. The maximum absolute atomic E-state index is 13.2. The molecule has 0 aliphatic heterocycles. The summed E-state index contributed by atoms with van der Waals surface area (Å²) in [5, 5.41) is 18.4. The molecule has 0 amide bonds. The van der Waals surface area contributed by atoms with Gasteiger partial charge in [-0.25, -0.2) is 9.18 Å². The Hall–Kier alpha value is -1.17. The van der Waals surface area contributed by atoms with Crippen LogP contribution in [-0.2, 0) is 9.53 Å². The van der Waals surface area contributed by atoms with Crippen LogP contribution < -0.4 is 0 Å². The molecule has 1 rings (SSSR count). The maximum atomic E-state index is 13.2. The number of aliphatic hydroxyl groups excluding tert-OH is 1. The number of carbonyl (C=O) groups is 1. The lowest BCUT2D eigenvalue weighted by atomic mass is 10.1. The highest BCUT2D eigenvalue weighted by Gasteiger charge is 2.25. The van der Waals surface area contributed by atoms with Gasteiger partial charge < -0.3 is 14.9 Å². The van der Waals surface area contributed by atoms with Crippen molar-refractivity contribution in [3.8, 4) is 0 Å². The molecule has 3 unspecified atom stereocenters. The molecule has 0 saturated carbocycles. The molecule has 0 heterocycles. The summed E-state index contributed by atoms with van der Waals surface area (Å²) in [6.45, 7) is 3.00. The lowest BCUT2D eigenvalue weighted by molar-refractivity contribution is -0.158. The molecular weight excluding hydrogens is 263 g/mol. The second-order valence-corrected chi connectivity index (χ2v) is 4.44. The van der Waals surface area contributed by atoms with Gasteiger partial charge >= 0.3 is 5.97 Å². The molecule has 100 valence electrons. The zero-order chi connectivity index (χ0) is 13.9. The van der Waals surface area contributed by atoms with E-state index in [1.54, 1.807) is 0 Å². The first-order valence-corrected chi connectivity index (χ1v) is 5.71. The average Bonchev–Trinajstić information content (AvgIpc) is 2.23. The minimum Gasteiger partial charge on any atom is -0.479 e. The summed E-state index contributed by atoms with van der Waals surface area (Å²) in [5.74, 6) is -1.92. The first-order valence-electron chi connectivity index (χ1n) is 5.33. The van der Waals surface area contributed by atoms with Crippen LogP contribution in [0.15, 0.2) is 18.2 Å². The minimum absolute atomic E-state index is 0.0875. The molecule has 6 heteroatoms. The maximum Gasteiger partial charge on any atom is 0.337 e. The van der Waals surface area contributed by atoms with Crippen LogP contribution in [-0.4, -0.2) is 28.4 Å². The number of rotatable bonds is 5. The first kappa shape index (κ1) is 14.9. The summed E-state index contributed by atoms with van der Waals surface area (Å²) < 4.78 is 18.4. The Labute approximate surface area is 109 Å². The molecule has 0 saturated heterocycles. The van der Waals surface area contributed by atoms with Crippen molar-refractivity contribution in [3.05, 3.63) is 34.6 Å². The smallest absolute Gasteiger partial charge is 0.337 e. The van der Waals surface area contributed by atoms with E-state index in [0.29, 0.717) is 0 Å². The van der Waals surface area contributed by atoms with Crippen LogP contribution in [0.1, 0.15) is 25.5 Å². The van der Waals surface area contributed by atoms with Crippen LogP contribution in [0, 0.1) is 5.82 Å². The Morgan fingerprint density at radius 1 is 1.39 bits per heavy atom. The Bertz CT molecular complexity index is 416. The van der Waals surface area contributed by atoms with E-state index in [9.17, 15) is 14.3 Å². The number of benzene rings is 1. The van der Waals surface area contributed by atoms with Crippen LogP contribution in [0.3, 0.4) is 0 Å². The Morgan fingerprint density at radius 2 is 2.00 bits per heavy atom. The van der Waals surface area contributed by atoms with Crippen molar-refractivity contribution in [1.29, 1.82) is 0 Å². The highest BCUT2D eigenvalue weighted by Crippen LogP contribution is 2.24. The third-order valence-corrected chi connectivity index (χ3v) is 2.66. The van der Waals surface area contributed by atoms with Gasteiger partial charge in [0.2, 0.25) is 0 Å². The summed E-state index contributed by atoms with van der Waals surface area (Å²) in [4.78, 5) is 11.1. The molecule has 0 bridgehead atoms. The van der Waals surface area contributed by atoms with Crippen LogP contribution in [0.2, 0.25) is 5.02 Å². The molecule has 2 N–H and O–H groups in total. The molecule has 4 nitrogen and oxygen atoms in total. The Kier molecular flexibility index (Phi) is 5.07. The third kappa shape index (κ3) is 3.94. The summed E-state index contributed by atoms with van der Waals surface area (Å²) in [6.07, 6.45) is -2.91. The van der Waals surface area contributed by atoms with E-state index in [2.05, 4.69) is 0 Å². The fourth-order valence-electron chi connectivity index (χ4n) is 1.33. The molecule has 0 spiro atoms. The number of aliphatic hydroxyl groups is 1. The topological polar surface area (TPSA) is 66.8 Å². The summed E-state index contributed by atoms with van der Waals surface area (Å²) in [5.41, 5.74) is 0.0972. The molecular formula is C12H14ClFO4. The molecule has 0 aliphatic rings. The van der Waals surface area contributed by atoms with Gasteiger partial charge in [-0.2, -0.15) is 0 Å². The number of halogens is 2. The molecule has 0 radical (unpaired) electrons. The van der Waals surface area contributed by atoms with E-state index in [1.807, 2.05) is 0 Å². The summed E-state index contributed by atoms with van der Waals surface area (Å²) in [6, 6.07) is 3.43. The zero-order valence-corrected chi connectivity index (χ0v) is 10.7. The van der Waals surface area contributed by atoms with E-state index >= 15 is 0 Å². The van der Waals surface area contributed by atoms with Gasteiger partial charge in [0.15, 0.2) is 6.10 Å². The van der Waals surface area contributed by atoms with Gasteiger partial charge in [-0.15, -0.1) is 0 Å². The largest absolute Gasteiger partial charge is 0.479 e. The van der Waals surface area contributed by atoms with Crippen molar-refractivity contribution >= 4 is 17.6 Å². The summed E-state index contributed by atoms with van der Waals surface area (Å²) in [7, 11) is 0. The van der Waals surface area contributed by atoms with Crippen LogP contribution in [0.25, 0.3) is 0 Å². The van der Waals surface area contributed by atoms with Gasteiger partial charge in [0.25, 0.3) is 0 Å². The van der Waals surface area contributed by atoms with Gasteiger partial charge in [0, 0.05) is 5.02 Å². The normalized spacial score (nSPS) is 16.1. The first-order chi connectivity index (χ1) is 8.31. The number of aliphatic carboxylic acids is 1. The second-order valence-electron chi connectivity index (χ2n) is 4.00. The second kappa shape index (κ2) is 6.13. The molecule has 3 atom stereocenters. The average molecular weight is 277 g/mol. The van der Waals surface area contributed by atoms with E-state index in [1.165, 1.54) is 19.9 Å². The lowest BCUT2D eigenvalue weighted by Gasteiger charge is -2.21. The molecule has 0 aliphatic carbocycles. The van der Waals surface area contributed by atoms with Gasteiger partial charge in [0.1, 0.15) is 5.82 Å². The molecule has 1 aromatic rings. The van der Waals surface area contributed by atoms with Crippen molar-refractivity contribution < 1.29 is 24.1 Å². The summed E-state index contributed by atoms with van der Waals surface area (Å²) >= 11 is 5.66. The number of hydrogen-bond donors (Lipinski definition) is 2. The zero-order valence-electron chi connectivity index (χ0n) is 9.93. The fraction of sp³-hybridized carbons (Fsp3) is 0.417. The molecule has 1 aromatic carbocycles. The Morgan fingerprint density at radius 3 is 2.44 bits per heavy atom. The van der Waals surface area contributed by atoms with E-state index in [0.717, 1.165) is 12.1 Å². The van der Waals surface area contributed by atoms with E-state index in [4.69, 9.17) is 21.4 Å². The highest BCUT2D eigenvalue weighted by molar-refractivity contribution is 6.30. The minimum atomic E-state index is -1.37. The Balaban J connectivity index is 3.01. The van der Waals surface area contributed by atoms with Crippen LogP contribution >= 0.6 is 11.6 Å². The molecule has 18 heavy (non-hydrogen) atoms. The van der Waals surface area contributed by atoms with Crippen molar-refractivity contribution in [2.45, 2.75) is 32.2 Å². The standard InChI is InChI=1S/C12H14ClFO4/c1-6(15)7(2)18-11(12(16)17)8-3-9(13)5-10(14)4-8/h3-7,11,15H,1-2H3,(H,16,17). The number of hydrogen-bond acceptors (Lipinski definition) is 3. The SMILES string of the molecule is CC(O)C(C)OC(C(=O)O)c1cc(F)cc(Cl)c1. The van der Waals surface area contributed by atoms with Crippen molar-refractivity contribution in [2.24, 2.45) is 0 Å². The third-order valence-electron chi connectivity index (χ3n) is 2.44. The van der Waals surface area contributed by atoms with Crippen molar-refractivity contribution in [3.63, 3.8) is 0 Å². The van der Waals surface area contributed by atoms with E-state index < -0.39 is 30.1 Å². The lowest BCUT2D eigenvalue weighted by Crippen LogP contribution is -2.28. The van der Waals surface area contributed by atoms with Crippen molar-refractivity contribution in [2.75, 3.05) is 0 Å². The quantitative estimate of drug-likeness (QED) is 0.866. The predicted molar refractivity (Wildman–Crippen MR) is 64.0 cm³/mol. The van der Waals surface area contributed by atoms with E-state index in [-0.39, 0.29) is 10.6 Å². The van der Waals surface area contributed by atoms with Gasteiger partial charge in [-0.05, 0) is 37.6 Å². The van der Waals surface area contributed by atoms with Crippen LogP contribution in [0.4, 0.5) is 4.39 Å².